The summed E-state index contributed by atoms with van der Waals surface area (Å²) in [6.07, 6.45) is 0. The maximum absolute atomic E-state index is 5.65. The maximum Gasteiger partial charge on any atom is 0.120 e. The van der Waals surface area contributed by atoms with Crippen molar-refractivity contribution in [2.75, 3.05) is 19.7 Å². The van der Waals surface area contributed by atoms with Gasteiger partial charge in [0.15, 0.2) is 0 Å². The van der Waals surface area contributed by atoms with Crippen LogP contribution in [0.15, 0.2) is 42.5 Å². The molecule has 0 spiro atoms. The van der Waals surface area contributed by atoms with Crippen LogP contribution >= 0.6 is 0 Å². The van der Waals surface area contributed by atoms with E-state index in [1.54, 1.807) is 0 Å². The Kier molecular flexibility index (Phi) is 3.78. The van der Waals surface area contributed by atoms with Gasteiger partial charge >= 0.3 is 0 Å². The van der Waals surface area contributed by atoms with Crippen LogP contribution in [0, 0.1) is 0 Å². The number of hydrogen-bond acceptors (Lipinski definition) is 2. The third-order valence-corrected chi connectivity index (χ3v) is 2.52. The number of nitrogens with one attached hydrogen (secondary N) is 1. The van der Waals surface area contributed by atoms with Gasteiger partial charge in [-0.3, -0.25) is 0 Å². The number of rotatable bonds is 5. The summed E-state index contributed by atoms with van der Waals surface area (Å²) in [7, 11) is 0. The van der Waals surface area contributed by atoms with Gasteiger partial charge in [-0.15, -0.1) is 0 Å². The SMILES string of the molecule is CCNCCOc1ccc2ccccc2c1. The van der Waals surface area contributed by atoms with Crippen molar-refractivity contribution in [3.8, 4) is 5.75 Å². The van der Waals surface area contributed by atoms with Crippen molar-refractivity contribution in [2.45, 2.75) is 6.92 Å². The van der Waals surface area contributed by atoms with Gasteiger partial charge in [0.05, 0.1) is 0 Å². The third-order valence-electron chi connectivity index (χ3n) is 2.52. The average Bonchev–Trinajstić information content (AvgIpc) is 2.34. The van der Waals surface area contributed by atoms with Crippen LogP contribution in [0.3, 0.4) is 0 Å². The summed E-state index contributed by atoms with van der Waals surface area (Å²) in [4.78, 5) is 0. The van der Waals surface area contributed by atoms with Gasteiger partial charge in [-0.1, -0.05) is 37.3 Å². The van der Waals surface area contributed by atoms with Gasteiger partial charge in [-0.25, -0.2) is 0 Å². The number of likely N-dealkylation sites (N-methyl/N-ethyl adjacent to an activating group) is 1. The zero-order valence-corrected chi connectivity index (χ0v) is 9.57. The van der Waals surface area contributed by atoms with Crippen LogP contribution < -0.4 is 10.1 Å². The Balaban J connectivity index is 2.02. The first kappa shape index (κ1) is 11.0. The third kappa shape index (κ3) is 2.74. The van der Waals surface area contributed by atoms with Crippen molar-refractivity contribution < 1.29 is 4.74 Å². The van der Waals surface area contributed by atoms with Crippen LogP contribution in [0.1, 0.15) is 6.92 Å². The van der Waals surface area contributed by atoms with Gasteiger partial charge in [-0.2, -0.15) is 0 Å². The second-order valence-corrected chi connectivity index (χ2v) is 3.71. The lowest BCUT2D eigenvalue weighted by molar-refractivity contribution is 0.316. The number of hydrogen-bond donors (Lipinski definition) is 1. The second kappa shape index (κ2) is 5.52. The summed E-state index contributed by atoms with van der Waals surface area (Å²) in [6, 6.07) is 14.5. The molecule has 0 amide bonds. The molecule has 0 saturated heterocycles. The van der Waals surface area contributed by atoms with Gasteiger partial charge in [0.25, 0.3) is 0 Å². The molecule has 2 aromatic carbocycles. The van der Waals surface area contributed by atoms with Crippen molar-refractivity contribution in [1.29, 1.82) is 0 Å². The van der Waals surface area contributed by atoms with Gasteiger partial charge in [0.2, 0.25) is 0 Å². The highest BCUT2D eigenvalue weighted by atomic mass is 16.5. The summed E-state index contributed by atoms with van der Waals surface area (Å²) in [5, 5.41) is 5.71. The molecule has 0 heterocycles. The first-order chi connectivity index (χ1) is 7.90. The van der Waals surface area contributed by atoms with E-state index in [9.17, 15) is 0 Å². The molecule has 0 radical (unpaired) electrons. The summed E-state index contributed by atoms with van der Waals surface area (Å²) in [5.74, 6) is 0.941. The highest BCUT2D eigenvalue weighted by Gasteiger charge is 1.96. The zero-order chi connectivity index (χ0) is 11.2. The lowest BCUT2D eigenvalue weighted by Gasteiger charge is -2.07. The highest BCUT2D eigenvalue weighted by Crippen LogP contribution is 2.20. The molecule has 1 N–H and O–H groups in total. The fraction of sp³-hybridized carbons (Fsp3) is 0.286. The summed E-state index contributed by atoms with van der Waals surface area (Å²) in [5.41, 5.74) is 0. The standard InChI is InChI=1S/C14H17NO/c1-2-15-9-10-16-14-8-7-12-5-3-4-6-13(12)11-14/h3-8,11,15H,2,9-10H2,1H3. The molecule has 0 aliphatic heterocycles. The van der Waals surface area contributed by atoms with Crippen molar-refractivity contribution in [3.63, 3.8) is 0 Å². The van der Waals surface area contributed by atoms with Crippen LogP contribution in [0.5, 0.6) is 5.75 Å². The smallest absolute Gasteiger partial charge is 0.120 e. The molecule has 84 valence electrons. The van der Waals surface area contributed by atoms with E-state index in [0.29, 0.717) is 6.61 Å². The molecule has 0 aliphatic rings. The van der Waals surface area contributed by atoms with E-state index in [-0.39, 0.29) is 0 Å². The quantitative estimate of drug-likeness (QED) is 0.774. The number of ether oxygens (including phenoxy) is 1. The average molecular weight is 215 g/mol. The van der Waals surface area contributed by atoms with Crippen molar-refractivity contribution in [3.05, 3.63) is 42.5 Å². The van der Waals surface area contributed by atoms with E-state index in [1.165, 1.54) is 10.8 Å². The molecule has 0 fully saturated rings. The fourth-order valence-electron chi connectivity index (χ4n) is 1.68. The minimum atomic E-state index is 0.714. The monoisotopic (exact) mass is 215 g/mol. The van der Waals surface area contributed by atoms with Gasteiger partial charge < -0.3 is 10.1 Å². The molecule has 16 heavy (non-hydrogen) atoms. The molecule has 2 nitrogen and oxygen atoms in total. The van der Waals surface area contributed by atoms with Gasteiger partial charge in [0.1, 0.15) is 12.4 Å². The Morgan fingerprint density at radius 2 is 1.88 bits per heavy atom. The molecule has 2 rings (SSSR count). The minimum absolute atomic E-state index is 0.714. The van der Waals surface area contributed by atoms with Crippen LogP contribution in [-0.4, -0.2) is 19.7 Å². The van der Waals surface area contributed by atoms with E-state index in [4.69, 9.17) is 4.74 Å². The lowest BCUT2D eigenvalue weighted by atomic mass is 10.1. The normalized spacial score (nSPS) is 10.6. The number of benzene rings is 2. The Bertz CT molecular complexity index is 453. The predicted molar refractivity (Wildman–Crippen MR) is 68.0 cm³/mol. The van der Waals surface area contributed by atoms with Crippen LogP contribution in [0.2, 0.25) is 0 Å². The van der Waals surface area contributed by atoms with E-state index >= 15 is 0 Å². The number of fused-ring (bicyclic) bond motifs is 1. The highest BCUT2D eigenvalue weighted by molar-refractivity contribution is 5.83. The Labute approximate surface area is 96.2 Å². The van der Waals surface area contributed by atoms with Crippen molar-refractivity contribution >= 4 is 10.8 Å². The zero-order valence-electron chi connectivity index (χ0n) is 9.57. The Morgan fingerprint density at radius 3 is 2.69 bits per heavy atom. The molecule has 2 aromatic rings. The predicted octanol–water partition coefficient (Wildman–Crippen LogP) is 2.83. The van der Waals surface area contributed by atoms with Crippen LogP contribution in [0.25, 0.3) is 10.8 Å². The van der Waals surface area contributed by atoms with E-state index < -0.39 is 0 Å². The van der Waals surface area contributed by atoms with E-state index in [0.717, 1.165) is 18.8 Å². The Morgan fingerprint density at radius 1 is 1.06 bits per heavy atom. The van der Waals surface area contributed by atoms with Gasteiger partial charge in [-0.05, 0) is 29.4 Å². The fourth-order valence-corrected chi connectivity index (χ4v) is 1.68. The van der Waals surface area contributed by atoms with Crippen LogP contribution in [0.4, 0.5) is 0 Å². The largest absolute Gasteiger partial charge is 0.492 e. The molecule has 0 saturated carbocycles. The lowest BCUT2D eigenvalue weighted by Crippen LogP contribution is -2.20. The van der Waals surface area contributed by atoms with Crippen molar-refractivity contribution in [2.24, 2.45) is 0 Å². The first-order valence-corrected chi connectivity index (χ1v) is 5.72. The molecule has 0 bridgehead atoms. The minimum Gasteiger partial charge on any atom is -0.492 e. The summed E-state index contributed by atoms with van der Waals surface area (Å²) < 4.78 is 5.65. The molecule has 0 aliphatic carbocycles. The molecule has 2 heteroatoms. The molecular formula is C14H17NO. The molecule has 0 unspecified atom stereocenters. The maximum atomic E-state index is 5.65. The summed E-state index contributed by atoms with van der Waals surface area (Å²) >= 11 is 0. The topological polar surface area (TPSA) is 21.3 Å². The first-order valence-electron chi connectivity index (χ1n) is 5.72. The second-order valence-electron chi connectivity index (χ2n) is 3.71. The van der Waals surface area contributed by atoms with Crippen LogP contribution in [-0.2, 0) is 0 Å². The van der Waals surface area contributed by atoms with Crippen molar-refractivity contribution in [1.82, 2.24) is 5.32 Å². The van der Waals surface area contributed by atoms with E-state index in [1.807, 2.05) is 18.2 Å². The summed E-state index contributed by atoms with van der Waals surface area (Å²) in [6.45, 7) is 4.69. The molecular weight excluding hydrogens is 198 g/mol. The molecule has 0 aromatic heterocycles. The molecule has 0 atom stereocenters. The van der Waals surface area contributed by atoms with E-state index in [2.05, 4.69) is 36.5 Å². The Hall–Kier alpha value is -1.54. The van der Waals surface area contributed by atoms with Gasteiger partial charge in [0, 0.05) is 6.54 Å².